The number of nitrogens with one attached hydrogen (secondary N) is 1. The van der Waals surface area contributed by atoms with Crippen LogP contribution in [-0.2, 0) is 19.1 Å². The third kappa shape index (κ3) is 3.70. The van der Waals surface area contributed by atoms with Gasteiger partial charge >= 0.3 is 11.9 Å². The third-order valence-corrected chi connectivity index (χ3v) is 2.48. The SMILES string of the molecule is CCOC(=O)C(N)C(=O)NC(C(=O)O)C1CC1. The lowest BCUT2D eigenvalue weighted by atomic mass is 10.1. The Labute approximate surface area is 98.3 Å². The van der Waals surface area contributed by atoms with E-state index in [2.05, 4.69) is 10.1 Å². The summed E-state index contributed by atoms with van der Waals surface area (Å²) in [6.07, 6.45) is 1.51. The second kappa shape index (κ2) is 5.62. The van der Waals surface area contributed by atoms with Crippen molar-refractivity contribution in [2.45, 2.75) is 31.8 Å². The van der Waals surface area contributed by atoms with Crippen LogP contribution in [0.2, 0.25) is 0 Å². The Bertz CT molecular complexity index is 327. The molecular formula is C10H16N2O5. The first-order valence-corrected chi connectivity index (χ1v) is 5.42. The Hall–Kier alpha value is -1.63. The average molecular weight is 244 g/mol. The van der Waals surface area contributed by atoms with E-state index in [1.807, 2.05) is 0 Å². The highest BCUT2D eigenvalue weighted by Gasteiger charge is 2.38. The first-order chi connectivity index (χ1) is 7.97. The van der Waals surface area contributed by atoms with Crippen molar-refractivity contribution in [2.75, 3.05) is 6.61 Å². The lowest BCUT2D eigenvalue weighted by Gasteiger charge is -2.16. The molecule has 1 rings (SSSR count). The number of hydrogen-bond donors (Lipinski definition) is 3. The molecule has 0 aromatic heterocycles. The molecule has 0 bridgehead atoms. The fraction of sp³-hybridized carbons (Fsp3) is 0.700. The molecule has 96 valence electrons. The lowest BCUT2D eigenvalue weighted by molar-refractivity contribution is -0.150. The van der Waals surface area contributed by atoms with Crippen molar-refractivity contribution in [1.82, 2.24) is 5.32 Å². The summed E-state index contributed by atoms with van der Waals surface area (Å²) in [5.41, 5.74) is 5.34. The first-order valence-electron chi connectivity index (χ1n) is 5.42. The highest BCUT2D eigenvalue weighted by atomic mass is 16.5. The van der Waals surface area contributed by atoms with Crippen molar-refractivity contribution in [3.05, 3.63) is 0 Å². The van der Waals surface area contributed by atoms with Crippen LogP contribution in [0.15, 0.2) is 0 Å². The quantitative estimate of drug-likeness (QED) is 0.401. The molecule has 1 aliphatic rings. The minimum atomic E-state index is -1.48. The van der Waals surface area contributed by atoms with Gasteiger partial charge in [-0.3, -0.25) is 4.79 Å². The number of carboxylic acids is 1. The number of amides is 1. The van der Waals surface area contributed by atoms with Crippen molar-refractivity contribution >= 4 is 17.8 Å². The number of esters is 1. The van der Waals surface area contributed by atoms with Crippen LogP contribution in [0.25, 0.3) is 0 Å². The second-order valence-electron chi connectivity index (χ2n) is 3.89. The molecule has 0 aromatic carbocycles. The van der Waals surface area contributed by atoms with Crippen LogP contribution in [0.5, 0.6) is 0 Å². The Morgan fingerprint density at radius 3 is 2.47 bits per heavy atom. The van der Waals surface area contributed by atoms with Gasteiger partial charge in [-0.25, -0.2) is 9.59 Å². The first kappa shape index (κ1) is 13.4. The van der Waals surface area contributed by atoms with E-state index in [9.17, 15) is 14.4 Å². The second-order valence-corrected chi connectivity index (χ2v) is 3.89. The summed E-state index contributed by atoms with van der Waals surface area (Å²) >= 11 is 0. The van der Waals surface area contributed by atoms with Crippen LogP contribution in [-0.4, -0.2) is 41.6 Å². The van der Waals surface area contributed by atoms with E-state index >= 15 is 0 Å². The number of nitrogens with two attached hydrogens (primary N) is 1. The fourth-order valence-corrected chi connectivity index (χ4v) is 1.39. The standard InChI is InChI=1S/C10H16N2O5/c1-2-17-10(16)6(11)8(13)12-7(9(14)15)5-3-4-5/h5-7H,2-4,11H2,1H3,(H,12,13)(H,14,15). The molecule has 2 atom stereocenters. The van der Waals surface area contributed by atoms with Gasteiger partial charge in [0.15, 0.2) is 6.04 Å². The fourth-order valence-electron chi connectivity index (χ4n) is 1.39. The summed E-state index contributed by atoms with van der Waals surface area (Å²) in [6, 6.07) is -2.45. The molecule has 0 aromatic rings. The van der Waals surface area contributed by atoms with Gasteiger partial charge in [-0.15, -0.1) is 0 Å². The van der Waals surface area contributed by atoms with Crippen molar-refractivity contribution in [1.29, 1.82) is 0 Å². The van der Waals surface area contributed by atoms with Crippen molar-refractivity contribution < 1.29 is 24.2 Å². The monoisotopic (exact) mass is 244 g/mol. The van der Waals surface area contributed by atoms with Gasteiger partial charge in [0, 0.05) is 0 Å². The number of carbonyl (C=O) groups is 3. The smallest absolute Gasteiger partial charge is 0.332 e. The number of rotatable bonds is 6. The van der Waals surface area contributed by atoms with Gasteiger partial charge < -0.3 is 20.9 Å². The summed E-state index contributed by atoms with van der Waals surface area (Å²) in [5.74, 6) is -2.85. The normalized spacial score (nSPS) is 18.0. The van der Waals surface area contributed by atoms with Gasteiger partial charge in [0.25, 0.3) is 0 Å². The summed E-state index contributed by atoms with van der Waals surface area (Å²) in [4.78, 5) is 33.5. The highest BCUT2D eigenvalue weighted by molar-refractivity contribution is 6.02. The molecule has 7 heteroatoms. The highest BCUT2D eigenvalue weighted by Crippen LogP contribution is 2.32. The Morgan fingerprint density at radius 1 is 1.47 bits per heavy atom. The maximum absolute atomic E-state index is 11.5. The van der Waals surface area contributed by atoms with E-state index in [1.165, 1.54) is 0 Å². The minimum absolute atomic E-state index is 0.0640. The van der Waals surface area contributed by atoms with Crippen molar-refractivity contribution in [3.63, 3.8) is 0 Å². The van der Waals surface area contributed by atoms with Crippen LogP contribution >= 0.6 is 0 Å². The maximum Gasteiger partial charge on any atom is 0.332 e. The van der Waals surface area contributed by atoms with E-state index in [-0.39, 0.29) is 12.5 Å². The van der Waals surface area contributed by atoms with Gasteiger partial charge in [-0.05, 0) is 25.7 Å². The topological polar surface area (TPSA) is 119 Å². The third-order valence-electron chi connectivity index (χ3n) is 2.48. The predicted octanol–water partition coefficient (Wildman–Crippen LogP) is -1.14. The zero-order valence-corrected chi connectivity index (χ0v) is 9.51. The molecule has 0 saturated heterocycles. The van der Waals surface area contributed by atoms with Crippen molar-refractivity contribution in [2.24, 2.45) is 11.7 Å². The predicted molar refractivity (Wildman–Crippen MR) is 56.9 cm³/mol. The van der Waals surface area contributed by atoms with Gasteiger partial charge in [0.05, 0.1) is 6.61 Å². The number of hydrogen-bond acceptors (Lipinski definition) is 5. The Balaban J connectivity index is 2.51. The molecular weight excluding hydrogens is 228 g/mol. The molecule has 0 spiro atoms. The molecule has 17 heavy (non-hydrogen) atoms. The summed E-state index contributed by atoms with van der Waals surface area (Å²) in [6.45, 7) is 1.71. The molecule has 7 nitrogen and oxygen atoms in total. The molecule has 4 N–H and O–H groups in total. The van der Waals surface area contributed by atoms with Crippen LogP contribution in [0.4, 0.5) is 0 Å². The van der Waals surface area contributed by atoms with Gasteiger partial charge in [-0.2, -0.15) is 0 Å². The van der Waals surface area contributed by atoms with Gasteiger partial charge in [0.2, 0.25) is 5.91 Å². The molecule has 1 fully saturated rings. The molecule has 0 radical (unpaired) electrons. The van der Waals surface area contributed by atoms with E-state index in [0.717, 1.165) is 12.8 Å². The summed E-state index contributed by atoms with van der Waals surface area (Å²) < 4.78 is 4.57. The number of aliphatic carboxylic acids is 1. The number of carboxylic acid groups (broad SMARTS) is 1. The van der Waals surface area contributed by atoms with E-state index in [1.54, 1.807) is 6.92 Å². The molecule has 0 heterocycles. The van der Waals surface area contributed by atoms with E-state index < -0.39 is 29.9 Å². The Kier molecular flexibility index (Phi) is 4.45. The molecule has 1 saturated carbocycles. The van der Waals surface area contributed by atoms with Crippen molar-refractivity contribution in [3.8, 4) is 0 Å². The van der Waals surface area contributed by atoms with E-state index in [0.29, 0.717) is 0 Å². The van der Waals surface area contributed by atoms with E-state index in [4.69, 9.17) is 10.8 Å². The minimum Gasteiger partial charge on any atom is -0.480 e. The number of carbonyl (C=O) groups excluding carboxylic acids is 2. The maximum atomic E-state index is 11.5. The average Bonchev–Trinajstić information content (AvgIpc) is 3.08. The number of ether oxygens (including phenoxy) is 1. The van der Waals surface area contributed by atoms with Gasteiger partial charge in [0.1, 0.15) is 6.04 Å². The van der Waals surface area contributed by atoms with Crippen LogP contribution in [0.3, 0.4) is 0 Å². The van der Waals surface area contributed by atoms with Gasteiger partial charge in [-0.1, -0.05) is 0 Å². The zero-order chi connectivity index (χ0) is 13.0. The Morgan fingerprint density at radius 2 is 2.06 bits per heavy atom. The lowest BCUT2D eigenvalue weighted by Crippen LogP contribution is -2.52. The zero-order valence-electron chi connectivity index (χ0n) is 9.51. The van der Waals surface area contributed by atoms with Crippen LogP contribution < -0.4 is 11.1 Å². The molecule has 0 aliphatic heterocycles. The molecule has 1 aliphatic carbocycles. The summed E-state index contributed by atoms with van der Waals surface area (Å²) in [7, 11) is 0. The molecule has 1 amide bonds. The van der Waals surface area contributed by atoms with Crippen LogP contribution in [0.1, 0.15) is 19.8 Å². The largest absolute Gasteiger partial charge is 0.480 e. The van der Waals surface area contributed by atoms with Crippen LogP contribution in [0, 0.1) is 5.92 Å². The molecule has 2 unspecified atom stereocenters. The summed E-state index contributed by atoms with van der Waals surface area (Å²) in [5, 5.41) is 11.1.